The summed E-state index contributed by atoms with van der Waals surface area (Å²) < 4.78 is 0.995. The zero-order valence-electron chi connectivity index (χ0n) is 16.6. The molecule has 1 amide bonds. The largest absolute Gasteiger partial charge is 0.361 e. The van der Waals surface area contributed by atoms with Gasteiger partial charge in [0.15, 0.2) is 0 Å². The Labute approximate surface area is 179 Å². The number of hydrogen-bond acceptors (Lipinski definition) is 3. The molecule has 1 atom stereocenters. The number of halogens is 1. The number of para-hydroxylation sites is 1. The second-order valence-corrected chi connectivity index (χ2v) is 8.90. The standard InChI is InChI=1S/C23H24ClN3OS/c1-3-4-7-16(10-15-13-25-19-9-6-5-8-17(15)19)27-23(28)21-11-18-14(2)26-22(24)12-20(18)29-21/h5-6,8-9,11-13,16,25H,3-4,7,10H2,1-2H3,(H,27,28). The number of carbonyl (C=O) groups is 1. The summed E-state index contributed by atoms with van der Waals surface area (Å²) in [4.78, 5) is 21.3. The molecule has 0 bridgehead atoms. The van der Waals surface area contributed by atoms with E-state index in [1.54, 1.807) is 0 Å². The smallest absolute Gasteiger partial charge is 0.261 e. The first-order valence-corrected chi connectivity index (χ1v) is 11.2. The number of fused-ring (bicyclic) bond motifs is 2. The minimum absolute atomic E-state index is 0.0253. The highest BCUT2D eigenvalue weighted by molar-refractivity contribution is 7.20. The zero-order valence-corrected chi connectivity index (χ0v) is 18.2. The van der Waals surface area contributed by atoms with Crippen molar-refractivity contribution in [1.29, 1.82) is 0 Å². The molecule has 0 spiro atoms. The van der Waals surface area contributed by atoms with E-state index in [1.165, 1.54) is 22.3 Å². The highest BCUT2D eigenvalue weighted by Crippen LogP contribution is 2.29. The Bertz CT molecular complexity index is 1160. The maximum absolute atomic E-state index is 13.0. The first-order valence-electron chi connectivity index (χ1n) is 9.97. The minimum atomic E-state index is -0.0253. The number of pyridine rings is 1. The van der Waals surface area contributed by atoms with Crippen molar-refractivity contribution in [1.82, 2.24) is 15.3 Å². The molecule has 0 saturated heterocycles. The van der Waals surface area contributed by atoms with Crippen LogP contribution >= 0.6 is 22.9 Å². The predicted molar refractivity (Wildman–Crippen MR) is 122 cm³/mol. The van der Waals surface area contributed by atoms with E-state index in [1.807, 2.05) is 25.1 Å². The van der Waals surface area contributed by atoms with Crippen LogP contribution in [-0.2, 0) is 6.42 Å². The van der Waals surface area contributed by atoms with Crippen molar-refractivity contribution >= 4 is 49.8 Å². The second-order valence-electron chi connectivity index (χ2n) is 7.43. The summed E-state index contributed by atoms with van der Waals surface area (Å²) in [5.74, 6) is -0.0253. The van der Waals surface area contributed by atoms with E-state index in [2.05, 4.69) is 46.6 Å². The molecular weight excluding hydrogens is 402 g/mol. The fourth-order valence-electron chi connectivity index (χ4n) is 3.77. The minimum Gasteiger partial charge on any atom is -0.361 e. The SMILES string of the molecule is CCCCC(Cc1c[nH]c2ccccc12)NC(=O)c1cc2c(C)nc(Cl)cc2s1. The van der Waals surface area contributed by atoms with Gasteiger partial charge in [0.25, 0.3) is 5.91 Å². The zero-order chi connectivity index (χ0) is 20.4. The van der Waals surface area contributed by atoms with Gasteiger partial charge in [0, 0.05) is 38.9 Å². The molecule has 6 heteroatoms. The van der Waals surface area contributed by atoms with Crippen LogP contribution in [0.3, 0.4) is 0 Å². The molecule has 1 aromatic carbocycles. The normalized spacial score (nSPS) is 12.5. The van der Waals surface area contributed by atoms with E-state index in [9.17, 15) is 4.79 Å². The van der Waals surface area contributed by atoms with Crippen molar-refractivity contribution in [2.24, 2.45) is 0 Å². The summed E-state index contributed by atoms with van der Waals surface area (Å²) in [6, 6.07) is 12.1. The number of benzene rings is 1. The van der Waals surface area contributed by atoms with Crippen molar-refractivity contribution in [2.45, 2.75) is 45.6 Å². The highest BCUT2D eigenvalue weighted by atomic mass is 35.5. The average molecular weight is 426 g/mol. The predicted octanol–water partition coefficient (Wildman–Crippen LogP) is 6.27. The number of thiophene rings is 1. The molecule has 3 aromatic heterocycles. The molecule has 150 valence electrons. The Morgan fingerprint density at radius 3 is 2.93 bits per heavy atom. The first kappa shape index (κ1) is 19.9. The number of unbranched alkanes of at least 4 members (excludes halogenated alkanes) is 1. The Morgan fingerprint density at radius 1 is 1.28 bits per heavy atom. The number of aromatic amines is 1. The number of H-pyrrole nitrogens is 1. The van der Waals surface area contributed by atoms with E-state index in [4.69, 9.17) is 11.6 Å². The Kier molecular flexibility index (Phi) is 5.88. The van der Waals surface area contributed by atoms with E-state index in [0.29, 0.717) is 10.0 Å². The molecule has 0 fully saturated rings. The molecule has 0 aliphatic carbocycles. The number of carbonyl (C=O) groups excluding carboxylic acids is 1. The van der Waals surface area contributed by atoms with Gasteiger partial charge in [-0.3, -0.25) is 4.79 Å². The summed E-state index contributed by atoms with van der Waals surface area (Å²) in [6.45, 7) is 4.10. The van der Waals surface area contributed by atoms with Gasteiger partial charge in [-0.05, 0) is 43.5 Å². The van der Waals surface area contributed by atoms with Crippen molar-refractivity contribution in [3.63, 3.8) is 0 Å². The lowest BCUT2D eigenvalue weighted by Gasteiger charge is -2.18. The third kappa shape index (κ3) is 4.31. The van der Waals surface area contributed by atoms with E-state index in [-0.39, 0.29) is 11.9 Å². The topological polar surface area (TPSA) is 57.8 Å². The number of amides is 1. The van der Waals surface area contributed by atoms with Gasteiger partial charge in [0.2, 0.25) is 0 Å². The molecule has 4 nitrogen and oxygen atoms in total. The van der Waals surface area contributed by atoms with Crippen LogP contribution < -0.4 is 5.32 Å². The van der Waals surface area contributed by atoms with Gasteiger partial charge < -0.3 is 10.3 Å². The van der Waals surface area contributed by atoms with Crippen LogP contribution in [0.15, 0.2) is 42.6 Å². The molecule has 0 aliphatic rings. The van der Waals surface area contributed by atoms with Gasteiger partial charge in [0.05, 0.1) is 4.88 Å². The summed E-state index contributed by atoms with van der Waals surface area (Å²) in [7, 11) is 0. The average Bonchev–Trinajstić information content (AvgIpc) is 3.31. The molecule has 0 radical (unpaired) electrons. The summed E-state index contributed by atoms with van der Waals surface area (Å²) in [5.41, 5.74) is 3.22. The fourth-order valence-corrected chi connectivity index (χ4v) is 5.12. The fraction of sp³-hybridized carbons (Fsp3) is 0.304. The third-order valence-corrected chi connectivity index (χ3v) is 6.56. The molecule has 4 aromatic rings. The Hall–Kier alpha value is -2.37. The summed E-state index contributed by atoms with van der Waals surface area (Å²) in [6.07, 6.45) is 6.02. The van der Waals surface area contributed by atoms with Gasteiger partial charge in [-0.2, -0.15) is 0 Å². The number of aromatic nitrogens is 2. The monoisotopic (exact) mass is 425 g/mol. The van der Waals surface area contributed by atoms with Crippen molar-refractivity contribution in [2.75, 3.05) is 0 Å². The lowest BCUT2D eigenvalue weighted by atomic mass is 10.0. The van der Waals surface area contributed by atoms with Crippen LogP contribution in [0.1, 0.15) is 47.1 Å². The maximum atomic E-state index is 13.0. The quantitative estimate of drug-likeness (QED) is 0.343. The number of nitrogens with one attached hydrogen (secondary N) is 2. The number of rotatable bonds is 7. The Balaban J connectivity index is 1.56. The van der Waals surface area contributed by atoms with E-state index < -0.39 is 0 Å². The van der Waals surface area contributed by atoms with Gasteiger partial charge in [-0.25, -0.2) is 4.98 Å². The van der Waals surface area contributed by atoms with Gasteiger partial charge in [-0.15, -0.1) is 11.3 Å². The molecule has 29 heavy (non-hydrogen) atoms. The van der Waals surface area contributed by atoms with Crippen LogP contribution in [0.2, 0.25) is 5.15 Å². The second kappa shape index (κ2) is 8.56. The van der Waals surface area contributed by atoms with Crippen LogP contribution in [0, 0.1) is 6.92 Å². The lowest BCUT2D eigenvalue weighted by Crippen LogP contribution is -2.36. The van der Waals surface area contributed by atoms with Crippen molar-refractivity contribution in [3.05, 3.63) is 63.9 Å². The Morgan fingerprint density at radius 2 is 2.10 bits per heavy atom. The molecule has 3 heterocycles. The highest BCUT2D eigenvalue weighted by Gasteiger charge is 2.18. The molecule has 4 rings (SSSR count). The summed E-state index contributed by atoms with van der Waals surface area (Å²) in [5, 5.41) is 5.95. The van der Waals surface area contributed by atoms with Crippen LogP contribution in [-0.4, -0.2) is 21.9 Å². The van der Waals surface area contributed by atoms with Crippen molar-refractivity contribution < 1.29 is 4.79 Å². The number of hydrogen-bond donors (Lipinski definition) is 2. The number of aryl methyl sites for hydroxylation is 1. The molecule has 1 unspecified atom stereocenters. The number of nitrogens with zero attached hydrogens (tertiary/aromatic N) is 1. The first-order chi connectivity index (χ1) is 14.0. The molecule has 2 N–H and O–H groups in total. The van der Waals surface area contributed by atoms with Crippen LogP contribution in [0.25, 0.3) is 21.0 Å². The van der Waals surface area contributed by atoms with Crippen LogP contribution in [0.5, 0.6) is 0 Å². The maximum Gasteiger partial charge on any atom is 0.261 e. The molecule has 0 aliphatic heterocycles. The van der Waals surface area contributed by atoms with Gasteiger partial charge in [0.1, 0.15) is 5.15 Å². The van der Waals surface area contributed by atoms with E-state index >= 15 is 0 Å². The molecular formula is C23H24ClN3OS. The third-order valence-electron chi connectivity index (χ3n) is 5.28. The van der Waals surface area contributed by atoms with Crippen LogP contribution in [0.4, 0.5) is 0 Å². The lowest BCUT2D eigenvalue weighted by molar-refractivity contribution is 0.0938. The van der Waals surface area contributed by atoms with Gasteiger partial charge >= 0.3 is 0 Å². The van der Waals surface area contributed by atoms with E-state index in [0.717, 1.165) is 47.0 Å². The van der Waals surface area contributed by atoms with Crippen molar-refractivity contribution in [3.8, 4) is 0 Å². The molecule has 0 saturated carbocycles. The summed E-state index contributed by atoms with van der Waals surface area (Å²) >= 11 is 7.54. The van der Waals surface area contributed by atoms with Gasteiger partial charge in [-0.1, -0.05) is 49.6 Å².